The molecule has 3 rings (SSSR count). The fourth-order valence-electron chi connectivity index (χ4n) is 6.00. The van der Waals surface area contributed by atoms with Crippen molar-refractivity contribution in [1.29, 1.82) is 0 Å². The summed E-state index contributed by atoms with van der Waals surface area (Å²) in [6.45, 7) is 9.74. The molecule has 3 fully saturated rings. The fraction of sp³-hybridized carbons (Fsp3) is 1.00. The largest absolute Gasteiger partial charge is 0.393 e. The van der Waals surface area contributed by atoms with E-state index < -0.39 is 0 Å². The first kappa shape index (κ1) is 11.1. The zero-order chi connectivity index (χ0) is 11.8. The molecule has 92 valence electrons. The predicted octanol–water partition coefficient (Wildman–Crippen LogP) is 3.75. The standard InChI is InChI=1S/C15H26O/c1-12(2)6-5-7-14(4)13(3)8-9-15(12,14)10-11(13)16/h11,16H,5-10H2,1-4H3/t11?,13-,14-,15+/m1/s1. The molecular weight excluding hydrogens is 196 g/mol. The molecule has 0 saturated heterocycles. The van der Waals surface area contributed by atoms with E-state index in [9.17, 15) is 5.11 Å². The molecule has 1 heteroatoms. The van der Waals surface area contributed by atoms with E-state index in [-0.39, 0.29) is 11.5 Å². The van der Waals surface area contributed by atoms with Gasteiger partial charge in [0.25, 0.3) is 0 Å². The Morgan fingerprint density at radius 1 is 0.938 bits per heavy atom. The first-order valence-electron chi connectivity index (χ1n) is 6.97. The smallest absolute Gasteiger partial charge is 0.0604 e. The van der Waals surface area contributed by atoms with Crippen molar-refractivity contribution in [3.63, 3.8) is 0 Å². The van der Waals surface area contributed by atoms with Crippen molar-refractivity contribution >= 4 is 0 Å². The maximum atomic E-state index is 10.5. The van der Waals surface area contributed by atoms with Gasteiger partial charge in [0.2, 0.25) is 0 Å². The van der Waals surface area contributed by atoms with Gasteiger partial charge in [-0.2, -0.15) is 0 Å². The quantitative estimate of drug-likeness (QED) is 0.662. The minimum absolute atomic E-state index is 0.0522. The summed E-state index contributed by atoms with van der Waals surface area (Å²) in [4.78, 5) is 0. The molecule has 0 aromatic rings. The Labute approximate surface area is 99.6 Å². The van der Waals surface area contributed by atoms with Crippen LogP contribution in [0.15, 0.2) is 0 Å². The predicted molar refractivity (Wildman–Crippen MR) is 66.1 cm³/mol. The van der Waals surface area contributed by atoms with Crippen molar-refractivity contribution in [1.82, 2.24) is 0 Å². The molecule has 2 bridgehead atoms. The number of hydrogen-bond acceptors (Lipinski definition) is 1. The molecule has 0 aromatic heterocycles. The van der Waals surface area contributed by atoms with Crippen LogP contribution in [0.5, 0.6) is 0 Å². The third kappa shape index (κ3) is 0.836. The molecule has 16 heavy (non-hydrogen) atoms. The molecule has 0 radical (unpaired) electrons. The van der Waals surface area contributed by atoms with Crippen molar-refractivity contribution in [2.24, 2.45) is 21.7 Å². The van der Waals surface area contributed by atoms with Gasteiger partial charge in [0.1, 0.15) is 0 Å². The Morgan fingerprint density at radius 3 is 2.19 bits per heavy atom. The van der Waals surface area contributed by atoms with Gasteiger partial charge in [-0.15, -0.1) is 0 Å². The van der Waals surface area contributed by atoms with E-state index in [0.29, 0.717) is 16.2 Å². The van der Waals surface area contributed by atoms with Gasteiger partial charge in [-0.3, -0.25) is 0 Å². The van der Waals surface area contributed by atoms with E-state index in [0.717, 1.165) is 6.42 Å². The van der Waals surface area contributed by atoms with E-state index in [2.05, 4.69) is 27.7 Å². The van der Waals surface area contributed by atoms with Crippen molar-refractivity contribution in [3.05, 3.63) is 0 Å². The number of rotatable bonds is 0. The fourth-order valence-corrected chi connectivity index (χ4v) is 6.00. The monoisotopic (exact) mass is 222 g/mol. The molecule has 1 unspecified atom stereocenters. The van der Waals surface area contributed by atoms with Crippen LogP contribution in [-0.2, 0) is 0 Å². The summed E-state index contributed by atoms with van der Waals surface area (Å²) in [5.41, 5.74) is 1.44. The summed E-state index contributed by atoms with van der Waals surface area (Å²) in [7, 11) is 0. The Hall–Kier alpha value is -0.0400. The lowest BCUT2D eigenvalue weighted by Gasteiger charge is -2.57. The van der Waals surface area contributed by atoms with Gasteiger partial charge in [-0.1, -0.05) is 34.1 Å². The molecule has 3 saturated carbocycles. The van der Waals surface area contributed by atoms with E-state index in [4.69, 9.17) is 0 Å². The molecule has 3 aliphatic rings. The highest BCUT2D eigenvalue weighted by atomic mass is 16.3. The van der Waals surface area contributed by atoms with Crippen LogP contribution in [0.2, 0.25) is 0 Å². The highest BCUT2D eigenvalue weighted by Crippen LogP contribution is 2.80. The second kappa shape index (κ2) is 2.68. The minimum Gasteiger partial charge on any atom is -0.393 e. The topological polar surface area (TPSA) is 20.2 Å². The van der Waals surface area contributed by atoms with Gasteiger partial charge < -0.3 is 5.11 Å². The van der Waals surface area contributed by atoms with Gasteiger partial charge in [0.05, 0.1) is 6.10 Å². The van der Waals surface area contributed by atoms with E-state index >= 15 is 0 Å². The van der Waals surface area contributed by atoms with Gasteiger partial charge in [0, 0.05) is 0 Å². The van der Waals surface area contributed by atoms with Crippen LogP contribution in [0, 0.1) is 21.7 Å². The SMILES string of the molecule is CC1(C)CCC[C@@]2(C)[C@]13CC[C@]2(C)C(O)C3. The summed E-state index contributed by atoms with van der Waals surface area (Å²) in [6.07, 6.45) is 7.65. The normalized spacial score (nSPS) is 58.7. The molecule has 1 nitrogen and oxygen atoms in total. The second-order valence-electron chi connectivity index (χ2n) is 7.79. The molecule has 0 aliphatic heterocycles. The molecule has 0 amide bonds. The molecule has 0 spiro atoms. The third-order valence-electron chi connectivity index (χ3n) is 7.44. The summed E-state index contributed by atoms with van der Waals surface area (Å²) >= 11 is 0. The zero-order valence-corrected chi connectivity index (χ0v) is 11.3. The number of aliphatic hydroxyl groups is 1. The molecule has 0 heterocycles. The number of aliphatic hydroxyl groups excluding tert-OH is 1. The molecular formula is C15H26O. The zero-order valence-electron chi connectivity index (χ0n) is 11.3. The highest BCUT2D eigenvalue weighted by Gasteiger charge is 2.75. The van der Waals surface area contributed by atoms with Crippen molar-refractivity contribution in [3.8, 4) is 0 Å². The first-order chi connectivity index (χ1) is 7.29. The van der Waals surface area contributed by atoms with Crippen LogP contribution in [-0.4, -0.2) is 11.2 Å². The maximum Gasteiger partial charge on any atom is 0.0604 e. The lowest BCUT2D eigenvalue weighted by molar-refractivity contribution is -0.0830. The Bertz CT molecular complexity index is 334. The van der Waals surface area contributed by atoms with Crippen LogP contribution >= 0.6 is 0 Å². The Morgan fingerprint density at radius 2 is 1.62 bits per heavy atom. The highest BCUT2D eigenvalue weighted by molar-refractivity contribution is 5.24. The Kier molecular flexibility index (Phi) is 1.86. The summed E-state index contributed by atoms with van der Waals surface area (Å²) < 4.78 is 0. The summed E-state index contributed by atoms with van der Waals surface area (Å²) in [5, 5.41) is 10.5. The van der Waals surface area contributed by atoms with Gasteiger partial charge >= 0.3 is 0 Å². The van der Waals surface area contributed by atoms with Crippen LogP contribution in [0.3, 0.4) is 0 Å². The van der Waals surface area contributed by atoms with Crippen LogP contribution in [0.4, 0.5) is 0 Å². The second-order valence-corrected chi connectivity index (χ2v) is 7.79. The van der Waals surface area contributed by atoms with Crippen LogP contribution < -0.4 is 0 Å². The van der Waals surface area contributed by atoms with E-state index in [1.54, 1.807) is 0 Å². The van der Waals surface area contributed by atoms with Gasteiger partial charge in [-0.25, -0.2) is 0 Å². The third-order valence-corrected chi connectivity index (χ3v) is 7.44. The summed E-state index contributed by atoms with van der Waals surface area (Å²) in [5.74, 6) is 0. The molecule has 4 atom stereocenters. The minimum atomic E-state index is -0.0522. The number of hydrogen-bond donors (Lipinski definition) is 1. The average Bonchev–Trinajstić information content (AvgIpc) is 2.50. The molecule has 0 aromatic carbocycles. The van der Waals surface area contributed by atoms with Crippen molar-refractivity contribution in [2.75, 3.05) is 0 Å². The lowest BCUT2D eigenvalue weighted by atomic mass is 9.47. The van der Waals surface area contributed by atoms with Crippen molar-refractivity contribution in [2.45, 2.75) is 72.3 Å². The first-order valence-corrected chi connectivity index (χ1v) is 6.97. The molecule has 1 N–H and O–H groups in total. The lowest BCUT2D eigenvalue weighted by Crippen LogP contribution is -2.49. The van der Waals surface area contributed by atoms with E-state index in [1.165, 1.54) is 32.1 Å². The van der Waals surface area contributed by atoms with E-state index in [1.807, 2.05) is 0 Å². The van der Waals surface area contributed by atoms with Gasteiger partial charge in [0.15, 0.2) is 0 Å². The van der Waals surface area contributed by atoms with Crippen LogP contribution in [0.25, 0.3) is 0 Å². The maximum absolute atomic E-state index is 10.5. The Balaban J connectivity index is 2.18. The summed E-state index contributed by atoms with van der Waals surface area (Å²) in [6, 6.07) is 0. The van der Waals surface area contributed by atoms with Crippen molar-refractivity contribution < 1.29 is 5.11 Å². The van der Waals surface area contributed by atoms with Crippen LogP contribution in [0.1, 0.15) is 66.2 Å². The van der Waals surface area contributed by atoms with Gasteiger partial charge in [-0.05, 0) is 53.8 Å². The average molecular weight is 222 g/mol. The molecule has 3 aliphatic carbocycles.